The zero-order chi connectivity index (χ0) is 22.7. The third kappa shape index (κ3) is 4.31. The van der Waals surface area contributed by atoms with Crippen molar-refractivity contribution in [1.29, 1.82) is 0 Å². The third-order valence-electron chi connectivity index (χ3n) is 6.95. The molecule has 6 heteroatoms. The molecule has 0 saturated carbocycles. The molecule has 3 heterocycles. The molecule has 174 valence electrons. The van der Waals surface area contributed by atoms with Crippen LogP contribution < -0.4 is 5.32 Å². The number of para-hydroxylation sites is 1. The predicted molar refractivity (Wildman–Crippen MR) is 135 cm³/mol. The van der Waals surface area contributed by atoms with E-state index in [1.165, 1.54) is 40.7 Å². The van der Waals surface area contributed by atoms with Gasteiger partial charge in [0.15, 0.2) is 0 Å². The van der Waals surface area contributed by atoms with Gasteiger partial charge in [-0.05, 0) is 43.4 Å². The zero-order valence-electron chi connectivity index (χ0n) is 19.5. The number of nitrogens with one attached hydrogen (secondary N) is 1. The van der Waals surface area contributed by atoms with Crippen LogP contribution in [0.15, 0.2) is 60.7 Å². The minimum absolute atomic E-state index is 0.761. The highest BCUT2D eigenvalue weighted by atomic mass is 16.5. The lowest BCUT2D eigenvalue weighted by Gasteiger charge is -2.27. The first kappa shape index (κ1) is 21.3. The highest BCUT2D eigenvalue weighted by molar-refractivity contribution is 5.82. The Bertz CT molecular complexity index is 1280. The van der Waals surface area contributed by atoms with E-state index in [-0.39, 0.29) is 0 Å². The van der Waals surface area contributed by atoms with Crippen molar-refractivity contribution >= 4 is 16.7 Å². The molecule has 0 bridgehead atoms. The highest BCUT2D eigenvalue weighted by Gasteiger charge is 2.22. The summed E-state index contributed by atoms with van der Waals surface area (Å²) < 4.78 is 7.84. The van der Waals surface area contributed by atoms with Crippen molar-refractivity contribution in [3.8, 4) is 5.95 Å². The molecule has 2 aliphatic rings. The molecular weight excluding hydrogens is 422 g/mol. The topological polar surface area (TPSA) is 55.2 Å². The quantitative estimate of drug-likeness (QED) is 0.457. The highest BCUT2D eigenvalue weighted by Crippen LogP contribution is 2.30. The number of benzene rings is 2. The summed E-state index contributed by atoms with van der Waals surface area (Å²) >= 11 is 0. The fourth-order valence-electron chi connectivity index (χ4n) is 5.16. The predicted octanol–water partition coefficient (Wildman–Crippen LogP) is 4.74. The standard InChI is InChI=1S/C28H31N5O/c1-2-8-21(9-3-1)19-29-27-24-11-5-6-12-25(24)30-28(31-27)33-23(20-32-14-16-34-17-15-32)18-22-10-4-7-13-26(22)33/h1-4,7-10,13,18H,5-6,11-12,14-17,19-20H2,(H,29,30,31). The second kappa shape index (κ2) is 9.57. The van der Waals surface area contributed by atoms with E-state index in [0.29, 0.717) is 0 Å². The molecule has 1 aliphatic heterocycles. The minimum atomic E-state index is 0.761. The second-order valence-electron chi connectivity index (χ2n) is 9.26. The number of morpholine rings is 1. The van der Waals surface area contributed by atoms with Crippen molar-refractivity contribution in [2.24, 2.45) is 0 Å². The van der Waals surface area contributed by atoms with Crippen molar-refractivity contribution in [3.05, 3.63) is 83.2 Å². The Hall–Kier alpha value is -3.22. The van der Waals surface area contributed by atoms with Gasteiger partial charge < -0.3 is 10.1 Å². The molecule has 1 aliphatic carbocycles. The average molecular weight is 454 g/mol. The molecule has 0 unspecified atom stereocenters. The molecule has 1 N–H and O–H groups in total. The summed E-state index contributed by atoms with van der Waals surface area (Å²) in [6.45, 7) is 5.13. The smallest absolute Gasteiger partial charge is 0.236 e. The van der Waals surface area contributed by atoms with Crippen molar-refractivity contribution in [1.82, 2.24) is 19.4 Å². The number of fused-ring (bicyclic) bond motifs is 2. The Kier molecular flexibility index (Phi) is 6.00. The number of ether oxygens (including phenoxy) is 1. The maximum absolute atomic E-state index is 5.57. The van der Waals surface area contributed by atoms with Crippen LogP contribution in [0.2, 0.25) is 0 Å². The lowest BCUT2D eigenvalue weighted by Crippen LogP contribution is -2.36. The van der Waals surface area contributed by atoms with Gasteiger partial charge in [-0.25, -0.2) is 4.98 Å². The Balaban J connectivity index is 1.42. The molecule has 2 aromatic heterocycles. The minimum Gasteiger partial charge on any atom is -0.379 e. The lowest BCUT2D eigenvalue weighted by atomic mass is 9.96. The van der Waals surface area contributed by atoms with Crippen LogP contribution in [0.4, 0.5) is 5.82 Å². The molecule has 0 amide bonds. The van der Waals surface area contributed by atoms with Crippen LogP contribution in [0.25, 0.3) is 16.9 Å². The summed E-state index contributed by atoms with van der Waals surface area (Å²) in [6.07, 6.45) is 4.45. The Labute approximate surface area is 200 Å². The van der Waals surface area contributed by atoms with E-state index >= 15 is 0 Å². The van der Waals surface area contributed by atoms with E-state index in [1.54, 1.807) is 0 Å². The molecule has 4 aromatic rings. The van der Waals surface area contributed by atoms with Gasteiger partial charge in [-0.2, -0.15) is 4.98 Å². The van der Waals surface area contributed by atoms with Gasteiger partial charge in [0.25, 0.3) is 0 Å². The molecule has 2 aromatic carbocycles. The molecule has 0 spiro atoms. The summed E-state index contributed by atoms with van der Waals surface area (Å²) in [5.74, 6) is 1.76. The van der Waals surface area contributed by atoms with E-state index in [0.717, 1.165) is 69.5 Å². The van der Waals surface area contributed by atoms with E-state index in [4.69, 9.17) is 14.7 Å². The van der Waals surface area contributed by atoms with Crippen LogP contribution in [-0.2, 0) is 30.7 Å². The van der Waals surface area contributed by atoms with Crippen LogP contribution in [0.5, 0.6) is 0 Å². The molecule has 1 saturated heterocycles. The van der Waals surface area contributed by atoms with Crippen molar-refractivity contribution in [2.45, 2.75) is 38.8 Å². The van der Waals surface area contributed by atoms with Gasteiger partial charge in [-0.15, -0.1) is 0 Å². The number of hydrogen-bond donors (Lipinski definition) is 1. The summed E-state index contributed by atoms with van der Waals surface area (Å²) in [5.41, 5.74) is 6.13. The van der Waals surface area contributed by atoms with Crippen LogP contribution >= 0.6 is 0 Å². The number of rotatable bonds is 6. The third-order valence-corrected chi connectivity index (χ3v) is 6.95. The van der Waals surface area contributed by atoms with Crippen molar-refractivity contribution in [3.63, 3.8) is 0 Å². The van der Waals surface area contributed by atoms with Crippen LogP contribution in [-0.4, -0.2) is 45.7 Å². The number of aryl methyl sites for hydroxylation is 1. The van der Waals surface area contributed by atoms with Crippen molar-refractivity contribution in [2.75, 3.05) is 31.6 Å². The fraction of sp³-hybridized carbons (Fsp3) is 0.357. The first-order valence-corrected chi connectivity index (χ1v) is 12.4. The summed E-state index contributed by atoms with van der Waals surface area (Å²) in [6, 6.07) is 21.4. The maximum atomic E-state index is 5.57. The van der Waals surface area contributed by atoms with E-state index in [2.05, 4.69) is 75.4 Å². The summed E-state index contributed by atoms with van der Waals surface area (Å²) in [5, 5.41) is 4.88. The van der Waals surface area contributed by atoms with Crippen molar-refractivity contribution < 1.29 is 4.74 Å². The molecule has 0 atom stereocenters. The van der Waals surface area contributed by atoms with E-state index in [9.17, 15) is 0 Å². The van der Waals surface area contributed by atoms with Crippen LogP contribution in [0, 0.1) is 0 Å². The number of aromatic nitrogens is 3. The zero-order valence-corrected chi connectivity index (χ0v) is 19.5. The van der Waals surface area contributed by atoms with Gasteiger partial charge in [-0.3, -0.25) is 9.47 Å². The van der Waals surface area contributed by atoms with E-state index < -0.39 is 0 Å². The number of nitrogens with zero attached hydrogens (tertiary/aromatic N) is 4. The SMILES string of the molecule is c1ccc(CNc2nc(-n3c(CN4CCOCC4)cc4ccccc43)nc3c2CCCC3)cc1. The van der Waals surface area contributed by atoms with Gasteiger partial charge in [0.05, 0.1) is 24.4 Å². The first-order chi connectivity index (χ1) is 16.8. The molecule has 6 rings (SSSR count). The lowest BCUT2D eigenvalue weighted by molar-refractivity contribution is 0.0335. The fourth-order valence-corrected chi connectivity index (χ4v) is 5.16. The summed E-state index contributed by atoms with van der Waals surface area (Å²) in [4.78, 5) is 12.7. The van der Waals surface area contributed by atoms with Gasteiger partial charge >= 0.3 is 0 Å². The van der Waals surface area contributed by atoms with Crippen LogP contribution in [0.3, 0.4) is 0 Å². The second-order valence-corrected chi connectivity index (χ2v) is 9.26. The largest absolute Gasteiger partial charge is 0.379 e. The molecule has 0 radical (unpaired) electrons. The Morgan fingerprint density at radius 1 is 0.882 bits per heavy atom. The first-order valence-electron chi connectivity index (χ1n) is 12.4. The van der Waals surface area contributed by atoms with Gasteiger partial charge in [-0.1, -0.05) is 48.5 Å². The Morgan fingerprint density at radius 3 is 2.56 bits per heavy atom. The molecule has 1 fully saturated rings. The number of hydrogen-bond acceptors (Lipinski definition) is 5. The van der Waals surface area contributed by atoms with Gasteiger partial charge in [0.2, 0.25) is 5.95 Å². The molecule has 34 heavy (non-hydrogen) atoms. The Morgan fingerprint density at radius 2 is 1.68 bits per heavy atom. The number of anilines is 1. The monoisotopic (exact) mass is 453 g/mol. The van der Waals surface area contributed by atoms with Crippen LogP contribution in [0.1, 0.15) is 35.4 Å². The van der Waals surface area contributed by atoms with Gasteiger partial charge in [0, 0.05) is 42.8 Å². The average Bonchev–Trinajstić information content (AvgIpc) is 3.26. The molecule has 6 nitrogen and oxygen atoms in total. The molecular formula is C28H31N5O. The van der Waals surface area contributed by atoms with Gasteiger partial charge in [0.1, 0.15) is 5.82 Å². The normalized spacial score (nSPS) is 16.5. The maximum Gasteiger partial charge on any atom is 0.236 e. The summed E-state index contributed by atoms with van der Waals surface area (Å²) in [7, 11) is 0. The van der Waals surface area contributed by atoms with E-state index in [1.807, 2.05) is 0 Å².